The van der Waals surface area contributed by atoms with Crippen molar-refractivity contribution >= 4 is 17.4 Å². The van der Waals surface area contributed by atoms with Crippen LogP contribution >= 0.6 is 0 Å². The topological polar surface area (TPSA) is 83.0 Å². The maximum absolute atomic E-state index is 11.0. The molecule has 0 radical (unpaired) electrons. The second-order valence-corrected chi connectivity index (χ2v) is 3.99. The van der Waals surface area contributed by atoms with Crippen LogP contribution in [0.3, 0.4) is 0 Å². The first-order valence-corrected chi connectivity index (χ1v) is 5.61. The minimum absolute atomic E-state index is 0.364. The van der Waals surface area contributed by atoms with E-state index in [1.165, 1.54) is 6.20 Å². The number of primary amides is 1. The van der Waals surface area contributed by atoms with Gasteiger partial charge in [-0.05, 0) is 30.3 Å². The van der Waals surface area contributed by atoms with E-state index in [0.717, 1.165) is 5.69 Å². The summed E-state index contributed by atoms with van der Waals surface area (Å²) in [6.45, 7) is 0. The maximum atomic E-state index is 11.0. The molecule has 0 unspecified atom stereocenters. The largest absolute Gasteiger partial charge is 0.366 e. The fraction of sp³-hybridized carbons (Fsp3) is 0.0714. The number of amides is 1. The number of hydrogen-bond acceptors (Lipinski definition) is 4. The van der Waals surface area contributed by atoms with Crippen molar-refractivity contribution in [2.75, 3.05) is 11.9 Å². The fourth-order valence-corrected chi connectivity index (χ4v) is 1.65. The summed E-state index contributed by atoms with van der Waals surface area (Å²) in [4.78, 5) is 17.0. The summed E-state index contributed by atoms with van der Waals surface area (Å²) >= 11 is 0. The molecule has 1 amide bonds. The van der Waals surface area contributed by atoms with Crippen molar-refractivity contribution in [3.63, 3.8) is 0 Å². The average molecular weight is 252 g/mol. The summed E-state index contributed by atoms with van der Waals surface area (Å²) in [6, 6.07) is 12.6. The molecule has 0 aliphatic rings. The third kappa shape index (κ3) is 2.69. The van der Waals surface area contributed by atoms with Crippen molar-refractivity contribution in [2.45, 2.75) is 0 Å². The van der Waals surface area contributed by atoms with Gasteiger partial charge in [0.15, 0.2) is 0 Å². The van der Waals surface area contributed by atoms with Gasteiger partial charge in [-0.15, -0.1) is 0 Å². The highest BCUT2D eigenvalue weighted by Crippen LogP contribution is 2.22. The van der Waals surface area contributed by atoms with Gasteiger partial charge in [0.05, 0.1) is 17.2 Å². The van der Waals surface area contributed by atoms with Crippen LogP contribution in [-0.2, 0) is 0 Å². The lowest BCUT2D eigenvalue weighted by Crippen LogP contribution is -2.14. The standard InChI is InChI=1S/C14H12N4O/c1-18(12-4-2-3-10(7-12)8-15)13-6-5-11(9-17-13)14(16)19/h2-7,9H,1H3,(H2,16,19). The predicted octanol–water partition coefficient (Wildman–Crippen LogP) is 1.82. The number of nitriles is 1. The predicted molar refractivity (Wildman–Crippen MR) is 72.0 cm³/mol. The molecule has 0 atom stereocenters. The molecule has 19 heavy (non-hydrogen) atoms. The SMILES string of the molecule is CN(c1cccc(C#N)c1)c1ccc(C(N)=O)cn1. The van der Waals surface area contributed by atoms with E-state index in [-0.39, 0.29) is 0 Å². The lowest BCUT2D eigenvalue weighted by molar-refractivity contribution is 0.1000. The van der Waals surface area contributed by atoms with E-state index in [1.54, 1.807) is 24.3 Å². The first-order valence-electron chi connectivity index (χ1n) is 5.61. The molecule has 1 aromatic heterocycles. The van der Waals surface area contributed by atoms with Gasteiger partial charge in [-0.1, -0.05) is 6.07 Å². The first-order chi connectivity index (χ1) is 9.11. The Kier molecular flexibility index (Phi) is 3.44. The highest BCUT2D eigenvalue weighted by atomic mass is 16.1. The summed E-state index contributed by atoms with van der Waals surface area (Å²) in [5.41, 5.74) is 6.95. The van der Waals surface area contributed by atoms with Gasteiger partial charge in [0.1, 0.15) is 5.82 Å². The number of pyridine rings is 1. The van der Waals surface area contributed by atoms with Crippen LogP contribution in [0.2, 0.25) is 0 Å². The molecule has 0 bridgehead atoms. The van der Waals surface area contributed by atoms with Crippen LogP contribution in [0, 0.1) is 11.3 Å². The van der Waals surface area contributed by atoms with Crippen LogP contribution in [-0.4, -0.2) is 17.9 Å². The fourth-order valence-electron chi connectivity index (χ4n) is 1.65. The molecule has 5 nitrogen and oxygen atoms in total. The Labute approximate surface area is 110 Å². The number of nitrogens with zero attached hydrogens (tertiary/aromatic N) is 3. The van der Waals surface area contributed by atoms with E-state index in [2.05, 4.69) is 11.1 Å². The molecular formula is C14H12N4O. The van der Waals surface area contributed by atoms with Gasteiger partial charge in [-0.2, -0.15) is 5.26 Å². The van der Waals surface area contributed by atoms with Gasteiger partial charge in [0.25, 0.3) is 0 Å². The van der Waals surface area contributed by atoms with Crippen LogP contribution < -0.4 is 10.6 Å². The van der Waals surface area contributed by atoms with Gasteiger partial charge in [-0.25, -0.2) is 4.98 Å². The highest BCUT2D eigenvalue weighted by Gasteiger charge is 2.07. The minimum Gasteiger partial charge on any atom is -0.366 e. The number of rotatable bonds is 3. The van der Waals surface area contributed by atoms with E-state index in [9.17, 15) is 4.79 Å². The quantitative estimate of drug-likeness (QED) is 0.903. The Bertz CT molecular complexity index is 643. The summed E-state index contributed by atoms with van der Waals surface area (Å²) in [5, 5.41) is 8.88. The lowest BCUT2D eigenvalue weighted by Gasteiger charge is -2.18. The molecule has 1 aromatic carbocycles. The van der Waals surface area contributed by atoms with Gasteiger partial charge in [0, 0.05) is 18.9 Å². The van der Waals surface area contributed by atoms with Gasteiger partial charge in [-0.3, -0.25) is 4.79 Å². The van der Waals surface area contributed by atoms with E-state index in [0.29, 0.717) is 16.9 Å². The van der Waals surface area contributed by atoms with Crippen molar-refractivity contribution < 1.29 is 4.79 Å². The van der Waals surface area contributed by atoms with Crippen molar-refractivity contribution in [1.29, 1.82) is 5.26 Å². The van der Waals surface area contributed by atoms with E-state index in [1.807, 2.05) is 24.1 Å². The third-order valence-corrected chi connectivity index (χ3v) is 2.74. The Balaban J connectivity index is 2.30. The summed E-state index contributed by atoms with van der Waals surface area (Å²) in [6.07, 6.45) is 1.43. The summed E-state index contributed by atoms with van der Waals surface area (Å²) in [5.74, 6) is 0.160. The van der Waals surface area contributed by atoms with Crippen molar-refractivity contribution in [2.24, 2.45) is 5.73 Å². The molecule has 2 N–H and O–H groups in total. The number of carbonyl (C=O) groups excluding carboxylic acids is 1. The Morgan fingerprint density at radius 1 is 1.37 bits per heavy atom. The second kappa shape index (κ2) is 5.19. The van der Waals surface area contributed by atoms with E-state index in [4.69, 9.17) is 11.0 Å². The van der Waals surface area contributed by atoms with Crippen LogP contribution in [0.5, 0.6) is 0 Å². The zero-order chi connectivity index (χ0) is 13.8. The zero-order valence-electron chi connectivity index (χ0n) is 10.4. The molecule has 0 saturated carbocycles. The number of hydrogen-bond donors (Lipinski definition) is 1. The molecule has 2 aromatic rings. The first kappa shape index (κ1) is 12.6. The molecular weight excluding hydrogens is 240 g/mol. The number of carbonyl (C=O) groups is 1. The third-order valence-electron chi connectivity index (χ3n) is 2.74. The number of benzene rings is 1. The summed E-state index contributed by atoms with van der Waals surface area (Å²) in [7, 11) is 1.84. The molecule has 94 valence electrons. The molecule has 0 aliphatic carbocycles. The van der Waals surface area contributed by atoms with Crippen molar-refractivity contribution in [3.8, 4) is 6.07 Å². The van der Waals surface area contributed by atoms with Crippen molar-refractivity contribution in [3.05, 3.63) is 53.7 Å². The number of anilines is 2. The Morgan fingerprint density at radius 2 is 2.16 bits per heavy atom. The molecule has 0 saturated heterocycles. The summed E-state index contributed by atoms with van der Waals surface area (Å²) < 4.78 is 0. The highest BCUT2D eigenvalue weighted by molar-refractivity contribution is 5.92. The normalized spacial score (nSPS) is 9.68. The Morgan fingerprint density at radius 3 is 2.74 bits per heavy atom. The monoisotopic (exact) mass is 252 g/mol. The van der Waals surface area contributed by atoms with Crippen LogP contribution in [0.4, 0.5) is 11.5 Å². The van der Waals surface area contributed by atoms with Gasteiger partial charge >= 0.3 is 0 Å². The second-order valence-electron chi connectivity index (χ2n) is 3.99. The van der Waals surface area contributed by atoms with Gasteiger partial charge in [0.2, 0.25) is 5.91 Å². The van der Waals surface area contributed by atoms with Crippen LogP contribution in [0.15, 0.2) is 42.6 Å². The molecule has 1 heterocycles. The van der Waals surface area contributed by atoms with Gasteiger partial charge < -0.3 is 10.6 Å². The number of nitrogens with two attached hydrogens (primary N) is 1. The molecule has 5 heteroatoms. The van der Waals surface area contributed by atoms with E-state index < -0.39 is 5.91 Å². The maximum Gasteiger partial charge on any atom is 0.250 e. The molecule has 0 aliphatic heterocycles. The molecule has 0 fully saturated rings. The van der Waals surface area contributed by atoms with Crippen LogP contribution in [0.1, 0.15) is 15.9 Å². The Hall–Kier alpha value is -2.87. The van der Waals surface area contributed by atoms with Crippen LogP contribution in [0.25, 0.3) is 0 Å². The smallest absolute Gasteiger partial charge is 0.250 e. The number of aromatic nitrogens is 1. The van der Waals surface area contributed by atoms with Crippen molar-refractivity contribution in [1.82, 2.24) is 4.98 Å². The average Bonchev–Trinajstić information content (AvgIpc) is 2.46. The zero-order valence-corrected chi connectivity index (χ0v) is 10.4. The van der Waals surface area contributed by atoms with E-state index >= 15 is 0 Å². The molecule has 2 rings (SSSR count). The minimum atomic E-state index is -0.506. The molecule has 0 spiro atoms. The lowest BCUT2D eigenvalue weighted by atomic mass is 10.2.